The van der Waals surface area contributed by atoms with E-state index in [0.717, 1.165) is 38.2 Å². The maximum Gasteiger partial charge on any atom is 0.309 e. The Morgan fingerprint density at radius 3 is 2.82 bits per heavy atom. The normalized spacial score (nSPS) is 15.7. The number of carbonyl (C=O) groups excluding carboxylic acids is 1. The molecule has 116 valence electrons. The van der Waals surface area contributed by atoms with E-state index in [4.69, 9.17) is 10.00 Å². The Kier molecular flexibility index (Phi) is 5.96. The van der Waals surface area contributed by atoms with E-state index in [-0.39, 0.29) is 11.9 Å². The largest absolute Gasteiger partial charge is 0.461 e. The molecule has 1 aromatic rings. The Labute approximate surface area is 131 Å². The summed E-state index contributed by atoms with van der Waals surface area (Å²) in [4.78, 5) is 18.4. The summed E-state index contributed by atoms with van der Waals surface area (Å²) >= 11 is 0. The average molecular weight is 299 g/mol. The predicted octanol–water partition coefficient (Wildman–Crippen LogP) is 2.68. The topological polar surface area (TPSA) is 66.2 Å². The summed E-state index contributed by atoms with van der Waals surface area (Å²) < 4.78 is 5.26. The highest BCUT2D eigenvalue weighted by Crippen LogP contribution is 2.22. The standard InChI is InChI=1S/C17H21N3O2/c1-2-3-4-11-22-17(21)15-7-9-20(10-8-15)16-6-5-14(12-18)13-19-16/h3-6,13,15H,2,7-11H2,1H3/b4-3+. The molecule has 22 heavy (non-hydrogen) atoms. The van der Waals surface area contributed by atoms with Crippen molar-refractivity contribution in [2.24, 2.45) is 5.92 Å². The Morgan fingerprint density at radius 1 is 1.45 bits per heavy atom. The van der Waals surface area contributed by atoms with Gasteiger partial charge in [-0.25, -0.2) is 4.98 Å². The van der Waals surface area contributed by atoms with Gasteiger partial charge in [0, 0.05) is 19.3 Å². The number of hydrogen-bond donors (Lipinski definition) is 0. The Balaban J connectivity index is 1.80. The predicted molar refractivity (Wildman–Crippen MR) is 84.3 cm³/mol. The summed E-state index contributed by atoms with van der Waals surface area (Å²) in [6.45, 7) is 3.97. The molecule has 0 radical (unpaired) electrons. The highest BCUT2D eigenvalue weighted by atomic mass is 16.5. The summed E-state index contributed by atoms with van der Waals surface area (Å²) in [5, 5.41) is 8.78. The number of carbonyl (C=O) groups is 1. The van der Waals surface area contributed by atoms with Crippen LogP contribution in [0.25, 0.3) is 0 Å². The highest BCUT2D eigenvalue weighted by molar-refractivity contribution is 5.73. The molecule has 1 saturated heterocycles. The molecule has 0 aliphatic carbocycles. The number of nitriles is 1. The molecule has 2 rings (SSSR count). The van der Waals surface area contributed by atoms with E-state index in [9.17, 15) is 4.79 Å². The number of allylic oxidation sites excluding steroid dienone is 1. The number of aromatic nitrogens is 1. The van der Waals surface area contributed by atoms with Crippen molar-refractivity contribution in [1.82, 2.24) is 4.98 Å². The van der Waals surface area contributed by atoms with Crippen LogP contribution in [0.4, 0.5) is 5.82 Å². The van der Waals surface area contributed by atoms with Crippen molar-refractivity contribution in [3.05, 3.63) is 36.0 Å². The molecule has 0 atom stereocenters. The number of piperidine rings is 1. The van der Waals surface area contributed by atoms with Crippen LogP contribution in [-0.2, 0) is 9.53 Å². The zero-order valence-corrected chi connectivity index (χ0v) is 12.9. The van der Waals surface area contributed by atoms with Crippen LogP contribution in [-0.4, -0.2) is 30.6 Å². The van der Waals surface area contributed by atoms with Gasteiger partial charge in [-0.2, -0.15) is 5.26 Å². The van der Waals surface area contributed by atoms with E-state index in [2.05, 4.69) is 16.0 Å². The second-order valence-corrected chi connectivity index (χ2v) is 5.29. The lowest BCUT2D eigenvalue weighted by atomic mass is 9.97. The molecule has 0 unspecified atom stereocenters. The average Bonchev–Trinajstić information content (AvgIpc) is 2.59. The number of nitrogens with zero attached hydrogens (tertiary/aromatic N) is 3. The van der Waals surface area contributed by atoms with Crippen LogP contribution in [0.5, 0.6) is 0 Å². The SMILES string of the molecule is CC/C=C/COC(=O)C1CCN(c2ccc(C#N)cn2)CC1. The third-order valence-electron chi connectivity index (χ3n) is 3.75. The molecule has 5 nitrogen and oxygen atoms in total. The van der Waals surface area contributed by atoms with Crippen LogP contribution in [0.15, 0.2) is 30.5 Å². The zero-order valence-electron chi connectivity index (χ0n) is 12.9. The Hall–Kier alpha value is -2.35. The first-order valence-electron chi connectivity index (χ1n) is 7.67. The number of rotatable bonds is 5. The Bertz CT molecular complexity index is 552. The number of hydrogen-bond acceptors (Lipinski definition) is 5. The van der Waals surface area contributed by atoms with Gasteiger partial charge >= 0.3 is 5.97 Å². The number of esters is 1. The summed E-state index contributed by atoms with van der Waals surface area (Å²) in [5.74, 6) is 0.731. The molecular weight excluding hydrogens is 278 g/mol. The minimum atomic E-state index is -0.104. The molecule has 0 spiro atoms. The molecule has 0 saturated carbocycles. The molecule has 1 aromatic heterocycles. The number of anilines is 1. The lowest BCUT2D eigenvalue weighted by molar-refractivity contribution is -0.147. The van der Waals surface area contributed by atoms with Crippen LogP contribution in [0.1, 0.15) is 31.7 Å². The van der Waals surface area contributed by atoms with Gasteiger partial charge in [0.15, 0.2) is 0 Å². The van der Waals surface area contributed by atoms with Gasteiger partial charge in [-0.1, -0.05) is 19.1 Å². The van der Waals surface area contributed by atoms with Gasteiger partial charge in [0.05, 0.1) is 11.5 Å². The minimum absolute atomic E-state index is 0.0235. The summed E-state index contributed by atoms with van der Waals surface area (Å²) in [5.41, 5.74) is 0.558. The van der Waals surface area contributed by atoms with Crippen LogP contribution in [0, 0.1) is 17.2 Å². The summed E-state index contributed by atoms with van der Waals surface area (Å²) in [6.07, 6.45) is 7.96. The smallest absolute Gasteiger partial charge is 0.309 e. The maximum absolute atomic E-state index is 12.0. The van der Waals surface area contributed by atoms with Crippen molar-refractivity contribution in [2.45, 2.75) is 26.2 Å². The number of ether oxygens (including phenoxy) is 1. The lowest BCUT2D eigenvalue weighted by Crippen LogP contribution is -2.37. The van der Waals surface area contributed by atoms with Crippen molar-refractivity contribution in [3.63, 3.8) is 0 Å². The molecule has 1 fully saturated rings. The van der Waals surface area contributed by atoms with Crippen molar-refractivity contribution in [2.75, 3.05) is 24.6 Å². The molecule has 5 heteroatoms. The van der Waals surface area contributed by atoms with E-state index in [1.807, 2.05) is 25.1 Å². The molecule has 0 bridgehead atoms. The van der Waals surface area contributed by atoms with Crippen molar-refractivity contribution < 1.29 is 9.53 Å². The van der Waals surface area contributed by atoms with E-state index >= 15 is 0 Å². The lowest BCUT2D eigenvalue weighted by Gasteiger charge is -2.31. The van der Waals surface area contributed by atoms with Crippen LogP contribution < -0.4 is 4.90 Å². The molecule has 0 amide bonds. The molecule has 2 heterocycles. The monoisotopic (exact) mass is 299 g/mol. The molecule has 0 aromatic carbocycles. The minimum Gasteiger partial charge on any atom is -0.461 e. The molecule has 0 N–H and O–H groups in total. The van der Waals surface area contributed by atoms with E-state index in [0.29, 0.717) is 12.2 Å². The van der Waals surface area contributed by atoms with Gasteiger partial charge in [0.1, 0.15) is 18.5 Å². The van der Waals surface area contributed by atoms with Crippen LogP contribution >= 0.6 is 0 Å². The fourth-order valence-electron chi connectivity index (χ4n) is 2.47. The number of pyridine rings is 1. The maximum atomic E-state index is 12.0. The van der Waals surface area contributed by atoms with E-state index < -0.39 is 0 Å². The van der Waals surface area contributed by atoms with Crippen molar-refractivity contribution >= 4 is 11.8 Å². The molecule has 1 aliphatic rings. The van der Waals surface area contributed by atoms with Gasteiger partial charge in [-0.3, -0.25) is 4.79 Å². The van der Waals surface area contributed by atoms with Crippen molar-refractivity contribution in [1.29, 1.82) is 5.26 Å². The van der Waals surface area contributed by atoms with E-state index in [1.54, 1.807) is 12.3 Å². The molecule has 1 aliphatic heterocycles. The van der Waals surface area contributed by atoms with Crippen molar-refractivity contribution in [3.8, 4) is 6.07 Å². The first-order chi connectivity index (χ1) is 10.7. The van der Waals surface area contributed by atoms with Crippen LogP contribution in [0.3, 0.4) is 0 Å². The second kappa shape index (κ2) is 8.18. The third kappa shape index (κ3) is 4.32. The molecular formula is C17H21N3O2. The highest BCUT2D eigenvalue weighted by Gasteiger charge is 2.26. The first kappa shape index (κ1) is 16.0. The zero-order chi connectivity index (χ0) is 15.8. The quantitative estimate of drug-likeness (QED) is 0.617. The van der Waals surface area contributed by atoms with Gasteiger partial charge in [-0.05, 0) is 31.4 Å². The van der Waals surface area contributed by atoms with Gasteiger partial charge in [-0.15, -0.1) is 0 Å². The van der Waals surface area contributed by atoms with Gasteiger partial charge in [0.2, 0.25) is 0 Å². The van der Waals surface area contributed by atoms with Crippen LogP contribution in [0.2, 0.25) is 0 Å². The summed E-state index contributed by atoms with van der Waals surface area (Å²) in [7, 11) is 0. The third-order valence-corrected chi connectivity index (χ3v) is 3.75. The Morgan fingerprint density at radius 2 is 2.23 bits per heavy atom. The van der Waals surface area contributed by atoms with Gasteiger partial charge < -0.3 is 9.64 Å². The first-order valence-corrected chi connectivity index (χ1v) is 7.67. The summed E-state index contributed by atoms with van der Waals surface area (Å²) in [6, 6.07) is 5.68. The van der Waals surface area contributed by atoms with Gasteiger partial charge in [0.25, 0.3) is 0 Å². The van der Waals surface area contributed by atoms with E-state index in [1.165, 1.54) is 0 Å². The fourth-order valence-corrected chi connectivity index (χ4v) is 2.47. The second-order valence-electron chi connectivity index (χ2n) is 5.29. The fraction of sp³-hybridized carbons (Fsp3) is 0.471.